The molecule has 170 valence electrons. The molecule has 31 heavy (non-hydrogen) atoms. The lowest BCUT2D eigenvalue weighted by atomic mass is 9.98. The maximum absolute atomic E-state index is 12.1. The monoisotopic (exact) mass is 436 g/mol. The molecule has 3 nitrogen and oxygen atoms in total. The zero-order valence-corrected chi connectivity index (χ0v) is 18.0. The van der Waals surface area contributed by atoms with Crippen molar-refractivity contribution >= 4 is 5.97 Å². The molecule has 0 spiro atoms. The van der Waals surface area contributed by atoms with Gasteiger partial charge in [-0.05, 0) is 54.2 Å². The van der Waals surface area contributed by atoms with Crippen molar-refractivity contribution < 1.29 is 27.8 Å². The van der Waals surface area contributed by atoms with Crippen molar-refractivity contribution in [1.29, 1.82) is 0 Å². The Morgan fingerprint density at radius 2 is 1.58 bits per heavy atom. The molecule has 2 aromatic rings. The van der Waals surface area contributed by atoms with Crippen LogP contribution in [0, 0.1) is 0 Å². The number of ether oxygens (including phenoxy) is 1. The predicted molar refractivity (Wildman–Crippen MR) is 115 cm³/mol. The lowest BCUT2D eigenvalue weighted by Crippen LogP contribution is -2.06. The van der Waals surface area contributed by atoms with Gasteiger partial charge >= 0.3 is 12.1 Å². The zero-order chi connectivity index (χ0) is 22.7. The topological polar surface area (TPSA) is 46.5 Å². The van der Waals surface area contributed by atoms with E-state index in [4.69, 9.17) is 4.74 Å². The Bertz CT molecular complexity index is 831. The molecular weight excluding hydrogens is 405 g/mol. The molecule has 0 atom stereocenters. The van der Waals surface area contributed by atoms with Gasteiger partial charge in [0.05, 0.1) is 0 Å². The van der Waals surface area contributed by atoms with Gasteiger partial charge in [-0.3, -0.25) is 4.79 Å². The number of unbranched alkanes of at least 4 members (excludes halogenated alkanes) is 6. The first-order valence-corrected chi connectivity index (χ1v) is 10.9. The van der Waals surface area contributed by atoms with Crippen LogP contribution >= 0.6 is 0 Å². The fraction of sp³-hybridized carbons (Fsp3) is 0.480. The summed E-state index contributed by atoms with van der Waals surface area (Å²) in [5.41, 5.74) is 2.91. The van der Waals surface area contributed by atoms with Crippen LogP contribution in [0.25, 0.3) is 0 Å². The highest BCUT2D eigenvalue weighted by Crippen LogP contribution is 2.25. The highest BCUT2D eigenvalue weighted by Gasteiger charge is 2.25. The summed E-state index contributed by atoms with van der Waals surface area (Å²) in [6, 6.07) is 12.9. The molecule has 0 aliphatic rings. The number of hydrogen-bond acceptors (Lipinski definition) is 3. The van der Waals surface area contributed by atoms with Gasteiger partial charge in [-0.15, -0.1) is 0 Å². The Kier molecular flexibility index (Phi) is 9.89. The van der Waals surface area contributed by atoms with E-state index in [0.717, 1.165) is 55.2 Å². The smallest absolute Gasteiger partial charge is 0.389 e. The summed E-state index contributed by atoms with van der Waals surface area (Å²) in [6.45, 7) is 1.36. The van der Waals surface area contributed by atoms with Gasteiger partial charge < -0.3 is 9.84 Å². The number of halogens is 3. The van der Waals surface area contributed by atoms with Crippen LogP contribution in [-0.2, 0) is 17.6 Å². The second kappa shape index (κ2) is 12.4. The number of aryl methyl sites for hydroxylation is 1. The number of esters is 1. The largest absolute Gasteiger partial charge is 0.508 e. The minimum atomic E-state index is -4.03. The molecule has 2 aromatic carbocycles. The molecule has 1 N–H and O–H groups in total. The number of hydrogen-bond donors (Lipinski definition) is 1. The molecule has 0 aromatic heterocycles. The van der Waals surface area contributed by atoms with Gasteiger partial charge in [0.2, 0.25) is 0 Å². The fourth-order valence-corrected chi connectivity index (χ4v) is 3.58. The molecular formula is C25H31F3O3. The van der Waals surface area contributed by atoms with E-state index < -0.39 is 12.6 Å². The number of carbonyl (C=O) groups is 1. The number of rotatable bonds is 12. The second-order valence-corrected chi connectivity index (χ2v) is 7.97. The van der Waals surface area contributed by atoms with Crippen molar-refractivity contribution in [1.82, 2.24) is 0 Å². The molecule has 0 heterocycles. The number of phenolic OH excluding ortho intramolecular Hbond substituents is 1. The third-order valence-corrected chi connectivity index (χ3v) is 5.12. The summed E-state index contributed by atoms with van der Waals surface area (Å²) in [7, 11) is 0. The number of alkyl halides is 3. The molecule has 0 radical (unpaired) electrons. The maximum atomic E-state index is 12.1. The Hall–Kier alpha value is -2.50. The van der Waals surface area contributed by atoms with Gasteiger partial charge in [0.25, 0.3) is 0 Å². The van der Waals surface area contributed by atoms with Gasteiger partial charge in [0.1, 0.15) is 11.5 Å². The normalized spacial score (nSPS) is 11.5. The van der Waals surface area contributed by atoms with Gasteiger partial charge in [0, 0.05) is 19.8 Å². The first-order valence-electron chi connectivity index (χ1n) is 10.9. The summed E-state index contributed by atoms with van der Waals surface area (Å²) in [6.07, 6.45) is 2.49. The predicted octanol–water partition coefficient (Wildman–Crippen LogP) is 7.13. The number of aromatic hydroxyl groups is 1. The molecule has 0 bridgehead atoms. The van der Waals surface area contributed by atoms with Crippen LogP contribution in [0.3, 0.4) is 0 Å². The summed E-state index contributed by atoms with van der Waals surface area (Å²) in [5, 5.41) is 10.2. The van der Waals surface area contributed by atoms with Crippen LogP contribution in [0.5, 0.6) is 11.5 Å². The van der Waals surface area contributed by atoms with Crippen LogP contribution in [0.1, 0.15) is 75.0 Å². The second-order valence-electron chi connectivity index (χ2n) is 7.97. The summed E-state index contributed by atoms with van der Waals surface area (Å²) < 4.78 is 41.4. The minimum absolute atomic E-state index is 0.226. The summed E-state index contributed by atoms with van der Waals surface area (Å²) in [4.78, 5) is 11.1. The third kappa shape index (κ3) is 10.4. The van der Waals surface area contributed by atoms with E-state index in [-0.39, 0.29) is 18.1 Å². The highest BCUT2D eigenvalue weighted by atomic mass is 19.4. The van der Waals surface area contributed by atoms with Gasteiger partial charge in [0.15, 0.2) is 0 Å². The lowest BCUT2D eigenvalue weighted by molar-refractivity contribution is -0.135. The molecule has 0 aliphatic heterocycles. The average molecular weight is 437 g/mol. The van der Waals surface area contributed by atoms with Crippen molar-refractivity contribution in [2.75, 3.05) is 0 Å². The Morgan fingerprint density at radius 1 is 0.903 bits per heavy atom. The van der Waals surface area contributed by atoms with Gasteiger partial charge in [-0.1, -0.05) is 56.4 Å². The summed E-state index contributed by atoms with van der Waals surface area (Å²) >= 11 is 0. The van der Waals surface area contributed by atoms with Crippen LogP contribution in [0.2, 0.25) is 0 Å². The van der Waals surface area contributed by atoms with Crippen molar-refractivity contribution in [3.05, 3.63) is 59.2 Å². The number of phenols is 1. The van der Waals surface area contributed by atoms with Crippen molar-refractivity contribution in [2.24, 2.45) is 0 Å². The first-order chi connectivity index (χ1) is 14.7. The third-order valence-electron chi connectivity index (χ3n) is 5.12. The van der Waals surface area contributed by atoms with E-state index in [1.165, 1.54) is 6.92 Å². The number of benzene rings is 2. The van der Waals surface area contributed by atoms with Crippen LogP contribution in [0.4, 0.5) is 13.2 Å². The van der Waals surface area contributed by atoms with Gasteiger partial charge in [-0.2, -0.15) is 13.2 Å². The maximum Gasteiger partial charge on any atom is 0.389 e. The van der Waals surface area contributed by atoms with E-state index >= 15 is 0 Å². The van der Waals surface area contributed by atoms with E-state index in [0.29, 0.717) is 18.6 Å². The minimum Gasteiger partial charge on any atom is -0.508 e. The molecule has 0 saturated heterocycles. The fourth-order valence-electron chi connectivity index (χ4n) is 3.58. The molecule has 0 unspecified atom stereocenters. The highest BCUT2D eigenvalue weighted by molar-refractivity contribution is 5.69. The lowest BCUT2D eigenvalue weighted by Gasteiger charge is -2.10. The molecule has 0 aliphatic carbocycles. The number of carbonyl (C=O) groups excluding carboxylic acids is 1. The van der Waals surface area contributed by atoms with E-state index in [9.17, 15) is 23.1 Å². The van der Waals surface area contributed by atoms with Crippen LogP contribution in [-0.4, -0.2) is 17.3 Å². The average Bonchev–Trinajstić information content (AvgIpc) is 2.68. The molecule has 0 saturated carbocycles. The Labute approximate surface area is 182 Å². The zero-order valence-electron chi connectivity index (χ0n) is 18.0. The van der Waals surface area contributed by atoms with Crippen LogP contribution < -0.4 is 4.74 Å². The SMILES string of the molecule is CC(=O)Oc1cccc(Cc2cc(CCCCCCCCCC(F)(F)F)ccc2O)c1. The first kappa shape index (κ1) is 24.8. The molecule has 2 rings (SSSR count). The van der Waals surface area contributed by atoms with Crippen molar-refractivity contribution in [3.8, 4) is 11.5 Å². The van der Waals surface area contributed by atoms with Gasteiger partial charge in [-0.25, -0.2) is 0 Å². The van der Waals surface area contributed by atoms with E-state index in [1.807, 2.05) is 24.3 Å². The Morgan fingerprint density at radius 3 is 2.26 bits per heavy atom. The van der Waals surface area contributed by atoms with E-state index in [2.05, 4.69) is 0 Å². The summed E-state index contributed by atoms with van der Waals surface area (Å²) in [5.74, 6) is 0.350. The molecule has 0 fully saturated rings. The molecule has 0 amide bonds. The van der Waals surface area contributed by atoms with E-state index in [1.54, 1.807) is 18.2 Å². The van der Waals surface area contributed by atoms with Crippen LogP contribution in [0.15, 0.2) is 42.5 Å². The van der Waals surface area contributed by atoms with Crippen molar-refractivity contribution in [3.63, 3.8) is 0 Å². The Balaban J connectivity index is 1.74. The standard InChI is InChI=1S/C25H31F3O3/c1-19(29)31-23-12-9-11-21(18-23)17-22-16-20(13-14-24(22)30)10-7-5-3-2-4-6-8-15-25(26,27)28/h9,11-14,16,18,30H,2-8,10,15,17H2,1H3. The van der Waals surface area contributed by atoms with Crippen molar-refractivity contribution in [2.45, 2.75) is 77.3 Å². The quantitative estimate of drug-likeness (QED) is 0.219. The molecule has 6 heteroatoms.